The maximum absolute atomic E-state index is 12.5. The lowest BCUT2D eigenvalue weighted by Crippen LogP contribution is -2.11. The first-order chi connectivity index (χ1) is 14.9. The van der Waals surface area contributed by atoms with E-state index in [-0.39, 0.29) is 5.91 Å². The topological polar surface area (TPSA) is 82.2 Å². The van der Waals surface area contributed by atoms with Crippen molar-refractivity contribution in [1.29, 1.82) is 0 Å². The molecule has 0 spiro atoms. The van der Waals surface area contributed by atoms with E-state index in [2.05, 4.69) is 15.4 Å². The fourth-order valence-electron chi connectivity index (χ4n) is 3.34. The van der Waals surface area contributed by atoms with Crippen LogP contribution in [0.2, 0.25) is 0 Å². The lowest BCUT2D eigenvalue weighted by molar-refractivity contribution is 0.102. The van der Waals surface area contributed by atoms with E-state index in [1.165, 1.54) is 0 Å². The van der Waals surface area contributed by atoms with Crippen molar-refractivity contribution >= 4 is 11.6 Å². The smallest absolute Gasteiger partial charge is 0.255 e. The van der Waals surface area contributed by atoms with Crippen LogP contribution >= 0.6 is 0 Å². The lowest BCUT2D eigenvalue weighted by atomic mass is 10.1. The summed E-state index contributed by atoms with van der Waals surface area (Å²) in [6.07, 6.45) is 0. The van der Waals surface area contributed by atoms with Crippen molar-refractivity contribution in [3.8, 4) is 17.2 Å². The molecule has 2 aromatic carbocycles. The van der Waals surface area contributed by atoms with Gasteiger partial charge in [-0.1, -0.05) is 6.07 Å². The van der Waals surface area contributed by atoms with Crippen molar-refractivity contribution in [3.05, 3.63) is 83.0 Å². The number of methoxy groups -OCH3 is 1. The van der Waals surface area contributed by atoms with Crippen LogP contribution in [0.3, 0.4) is 0 Å². The molecule has 158 valence electrons. The lowest BCUT2D eigenvalue weighted by Gasteiger charge is -2.07. The van der Waals surface area contributed by atoms with Gasteiger partial charge >= 0.3 is 0 Å². The van der Waals surface area contributed by atoms with Gasteiger partial charge in [-0.25, -0.2) is 4.98 Å². The first kappa shape index (κ1) is 20.4. The summed E-state index contributed by atoms with van der Waals surface area (Å²) < 4.78 is 13.0. The Labute approximate surface area is 180 Å². The predicted molar refractivity (Wildman–Crippen MR) is 118 cm³/mol. The van der Waals surface area contributed by atoms with Gasteiger partial charge in [-0.3, -0.25) is 9.48 Å². The Morgan fingerprint density at radius 1 is 1.10 bits per heavy atom. The van der Waals surface area contributed by atoms with Gasteiger partial charge in [-0.15, -0.1) is 0 Å². The van der Waals surface area contributed by atoms with Crippen LogP contribution in [-0.4, -0.2) is 27.8 Å². The van der Waals surface area contributed by atoms with Crippen LogP contribution in [0, 0.1) is 20.8 Å². The van der Waals surface area contributed by atoms with Crippen LogP contribution < -0.4 is 10.1 Å². The maximum atomic E-state index is 12.5. The van der Waals surface area contributed by atoms with Crippen molar-refractivity contribution in [3.63, 3.8) is 0 Å². The minimum absolute atomic E-state index is 0.203. The van der Waals surface area contributed by atoms with Gasteiger partial charge in [-0.2, -0.15) is 5.10 Å². The molecule has 0 aliphatic rings. The fraction of sp³-hybridized carbons (Fsp3) is 0.208. The number of aromatic nitrogens is 3. The standard InChI is InChI=1S/C24H24N4O3/c1-15-12-16(2)28(27-15)14-22-17(3)31-24(26-22)18-8-10-20(11-9-18)25-23(29)19-6-5-7-21(13-19)30-4/h5-13H,14H2,1-4H3,(H,25,29). The van der Waals surface area contributed by atoms with Crippen LogP contribution in [-0.2, 0) is 6.54 Å². The van der Waals surface area contributed by atoms with Crippen molar-refractivity contribution in [1.82, 2.24) is 14.8 Å². The highest BCUT2D eigenvalue weighted by Gasteiger charge is 2.14. The molecule has 0 atom stereocenters. The van der Waals surface area contributed by atoms with Crippen molar-refractivity contribution in [2.24, 2.45) is 0 Å². The molecule has 0 aliphatic carbocycles. The summed E-state index contributed by atoms with van der Waals surface area (Å²) in [6, 6.07) is 16.5. The van der Waals surface area contributed by atoms with Crippen LogP contribution in [0.4, 0.5) is 5.69 Å². The van der Waals surface area contributed by atoms with Crippen molar-refractivity contribution in [2.45, 2.75) is 27.3 Å². The quantitative estimate of drug-likeness (QED) is 0.489. The number of benzene rings is 2. The molecule has 2 heterocycles. The van der Waals surface area contributed by atoms with Gasteiger partial charge in [0.05, 0.1) is 19.3 Å². The highest BCUT2D eigenvalue weighted by molar-refractivity contribution is 6.04. The number of carbonyl (C=O) groups excluding carboxylic acids is 1. The molecule has 1 amide bonds. The summed E-state index contributed by atoms with van der Waals surface area (Å²) in [5.41, 5.74) is 4.95. The zero-order chi connectivity index (χ0) is 22.0. The van der Waals surface area contributed by atoms with Crippen LogP contribution in [0.5, 0.6) is 5.75 Å². The Morgan fingerprint density at radius 2 is 1.87 bits per heavy atom. The molecule has 4 rings (SSSR count). The third kappa shape index (κ3) is 4.50. The van der Waals surface area contributed by atoms with Gasteiger partial charge in [0.2, 0.25) is 5.89 Å². The van der Waals surface area contributed by atoms with Gasteiger partial charge in [-0.05, 0) is 69.3 Å². The third-order valence-corrected chi connectivity index (χ3v) is 5.02. The van der Waals surface area contributed by atoms with E-state index in [9.17, 15) is 4.79 Å². The number of ether oxygens (including phenoxy) is 1. The molecule has 7 nitrogen and oxygen atoms in total. The second-order valence-corrected chi connectivity index (χ2v) is 7.37. The number of nitrogens with zero attached hydrogens (tertiary/aromatic N) is 3. The molecule has 0 bridgehead atoms. The maximum Gasteiger partial charge on any atom is 0.255 e. The van der Waals surface area contributed by atoms with Crippen LogP contribution in [0.1, 0.15) is 33.2 Å². The van der Waals surface area contributed by atoms with Gasteiger partial charge in [0.15, 0.2) is 0 Å². The van der Waals surface area contributed by atoms with Gasteiger partial charge in [0, 0.05) is 22.5 Å². The van der Waals surface area contributed by atoms with Crippen LogP contribution in [0.15, 0.2) is 59.0 Å². The number of hydrogen-bond donors (Lipinski definition) is 1. The second-order valence-electron chi connectivity index (χ2n) is 7.37. The molecule has 0 fully saturated rings. The molecule has 0 saturated carbocycles. The highest BCUT2D eigenvalue weighted by Crippen LogP contribution is 2.24. The molecule has 4 aromatic rings. The average Bonchev–Trinajstić information content (AvgIpc) is 3.29. The molecule has 1 N–H and O–H groups in total. The van der Waals surface area contributed by atoms with E-state index >= 15 is 0 Å². The summed E-state index contributed by atoms with van der Waals surface area (Å²) >= 11 is 0. The van der Waals surface area contributed by atoms with Crippen molar-refractivity contribution < 1.29 is 13.9 Å². The first-order valence-electron chi connectivity index (χ1n) is 9.96. The number of rotatable bonds is 6. The molecule has 0 unspecified atom stereocenters. The third-order valence-electron chi connectivity index (χ3n) is 5.02. The number of hydrogen-bond acceptors (Lipinski definition) is 5. The van der Waals surface area contributed by atoms with E-state index in [1.807, 2.05) is 55.8 Å². The Hall–Kier alpha value is -3.87. The van der Waals surface area contributed by atoms with E-state index in [0.717, 1.165) is 28.4 Å². The zero-order valence-electron chi connectivity index (χ0n) is 18.0. The van der Waals surface area contributed by atoms with E-state index in [0.29, 0.717) is 29.4 Å². The average molecular weight is 416 g/mol. The predicted octanol–water partition coefficient (Wildman–Crippen LogP) is 4.77. The second kappa shape index (κ2) is 8.47. The number of aryl methyl sites for hydroxylation is 3. The minimum Gasteiger partial charge on any atom is -0.497 e. The van der Waals surface area contributed by atoms with E-state index in [4.69, 9.17) is 9.15 Å². The largest absolute Gasteiger partial charge is 0.497 e. The van der Waals surface area contributed by atoms with Gasteiger partial charge in [0.25, 0.3) is 5.91 Å². The normalized spacial score (nSPS) is 10.8. The molecule has 7 heteroatoms. The summed E-state index contributed by atoms with van der Waals surface area (Å²) in [4.78, 5) is 17.1. The minimum atomic E-state index is -0.203. The van der Waals surface area contributed by atoms with Gasteiger partial charge in [0.1, 0.15) is 17.2 Å². The number of amides is 1. The Bertz CT molecular complexity index is 1220. The van der Waals surface area contributed by atoms with Crippen molar-refractivity contribution in [2.75, 3.05) is 12.4 Å². The molecule has 0 saturated heterocycles. The Kier molecular flexibility index (Phi) is 5.58. The molecule has 0 radical (unpaired) electrons. The summed E-state index contributed by atoms with van der Waals surface area (Å²) in [5, 5.41) is 7.38. The number of nitrogens with one attached hydrogen (secondary N) is 1. The molecule has 2 aromatic heterocycles. The summed E-state index contributed by atoms with van der Waals surface area (Å²) in [5.74, 6) is 1.74. The summed E-state index contributed by atoms with van der Waals surface area (Å²) in [6.45, 7) is 6.46. The highest BCUT2D eigenvalue weighted by atomic mass is 16.5. The SMILES string of the molecule is COc1cccc(C(=O)Nc2ccc(-c3nc(Cn4nc(C)cc4C)c(C)o3)cc2)c1. The Morgan fingerprint density at radius 3 is 2.55 bits per heavy atom. The fourth-order valence-corrected chi connectivity index (χ4v) is 3.34. The number of oxazole rings is 1. The first-order valence-corrected chi connectivity index (χ1v) is 9.96. The molecular weight excluding hydrogens is 392 g/mol. The zero-order valence-corrected chi connectivity index (χ0v) is 18.0. The molecule has 0 aliphatic heterocycles. The molecule has 31 heavy (non-hydrogen) atoms. The van der Waals surface area contributed by atoms with Crippen LogP contribution in [0.25, 0.3) is 11.5 Å². The summed E-state index contributed by atoms with van der Waals surface area (Å²) in [7, 11) is 1.57. The van der Waals surface area contributed by atoms with E-state index < -0.39 is 0 Å². The van der Waals surface area contributed by atoms with Gasteiger partial charge < -0.3 is 14.5 Å². The number of carbonyl (C=O) groups is 1. The Balaban J connectivity index is 1.48. The monoisotopic (exact) mass is 416 g/mol. The molecular formula is C24H24N4O3. The number of anilines is 1. The van der Waals surface area contributed by atoms with E-state index in [1.54, 1.807) is 31.4 Å².